The highest BCUT2D eigenvalue weighted by molar-refractivity contribution is 7.90. The lowest BCUT2D eigenvalue weighted by Crippen LogP contribution is -2.21. The molecule has 0 radical (unpaired) electrons. The molecule has 0 aliphatic heterocycles. The van der Waals surface area contributed by atoms with Crippen molar-refractivity contribution in [2.24, 2.45) is 5.14 Å². The van der Waals surface area contributed by atoms with Crippen LogP contribution in [-0.4, -0.2) is 37.4 Å². The highest BCUT2D eigenvalue weighted by Gasteiger charge is 2.14. The molecule has 0 atom stereocenters. The molecule has 0 fully saturated rings. The van der Waals surface area contributed by atoms with Gasteiger partial charge < -0.3 is 9.47 Å². The highest BCUT2D eigenvalue weighted by atomic mass is 32.2. The third kappa shape index (κ3) is 3.19. The van der Waals surface area contributed by atoms with Gasteiger partial charge in [0.1, 0.15) is 0 Å². The molecule has 2 aromatic carbocycles. The fourth-order valence-corrected chi connectivity index (χ4v) is 3.52. The van der Waals surface area contributed by atoms with Crippen molar-refractivity contribution in [1.29, 1.82) is 0 Å². The Morgan fingerprint density at radius 2 is 1.71 bits per heavy atom. The Bertz CT molecular complexity index is 1280. The first-order chi connectivity index (χ1) is 13.4. The van der Waals surface area contributed by atoms with Crippen LogP contribution < -0.4 is 19.3 Å². The van der Waals surface area contributed by atoms with Gasteiger partial charge in [0.05, 0.1) is 37.1 Å². The maximum atomic E-state index is 11.2. The van der Waals surface area contributed by atoms with E-state index in [4.69, 9.17) is 14.6 Å². The molecule has 4 aromatic rings. The van der Waals surface area contributed by atoms with Gasteiger partial charge in [-0.2, -0.15) is 13.5 Å². The van der Waals surface area contributed by atoms with E-state index in [0.717, 1.165) is 27.5 Å². The molecule has 2 heterocycles. The summed E-state index contributed by atoms with van der Waals surface area (Å²) in [5.41, 5.74) is 2.69. The quantitative estimate of drug-likeness (QED) is 0.531. The first-order valence-electron chi connectivity index (χ1n) is 8.19. The van der Waals surface area contributed by atoms with Gasteiger partial charge >= 0.3 is 0 Å². The minimum atomic E-state index is -3.83. The number of benzene rings is 2. The summed E-state index contributed by atoms with van der Waals surface area (Å²) in [4.78, 5) is 4.48. The van der Waals surface area contributed by atoms with Crippen LogP contribution in [0.5, 0.6) is 11.5 Å². The standard InChI is InChI=1S/C18H17N5O4S/c1-26-16-7-14-15(8-17(16)27-2)20-9-11-10-21-23(18(11)14)13-5-3-12(4-6-13)22-28(19,24)25/h3-10,22H,1-2H3,(H2,19,24,25). The molecule has 0 amide bonds. The topological polar surface area (TPSA) is 121 Å². The molecule has 4 rings (SSSR count). The molecule has 0 unspecified atom stereocenters. The zero-order valence-corrected chi connectivity index (χ0v) is 15.9. The van der Waals surface area contributed by atoms with Gasteiger partial charge in [-0.05, 0) is 30.3 Å². The molecule has 144 valence electrons. The van der Waals surface area contributed by atoms with Gasteiger partial charge in [0.15, 0.2) is 11.5 Å². The van der Waals surface area contributed by atoms with Gasteiger partial charge in [-0.3, -0.25) is 9.71 Å². The largest absolute Gasteiger partial charge is 0.493 e. The number of pyridine rings is 1. The van der Waals surface area contributed by atoms with Crippen LogP contribution in [-0.2, 0) is 10.2 Å². The van der Waals surface area contributed by atoms with E-state index in [-0.39, 0.29) is 0 Å². The number of hydrogen-bond acceptors (Lipinski definition) is 6. The van der Waals surface area contributed by atoms with E-state index >= 15 is 0 Å². The van der Waals surface area contributed by atoms with Crippen molar-refractivity contribution in [2.75, 3.05) is 18.9 Å². The summed E-state index contributed by atoms with van der Waals surface area (Å²) in [6.45, 7) is 0. The van der Waals surface area contributed by atoms with Crippen LogP contribution in [0.1, 0.15) is 0 Å². The van der Waals surface area contributed by atoms with Crippen molar-refractivity contribution in [1.82, 2.24) is 14.8 Å². The number of nitrogens with one attached hydrogen (secondary N) is 1. The number of nitrogens with two attached hydrogens (primary N) is 1. The van der Waals surface area contributed by atoms with Gasteiger partial charge in [-0.1, -0.05) is 0 Å². The first kappa shape index (κ1) is 18.0. The van der Waals surface area contributed by atoms with E-state index in [1.807, 2.05) is 12.1 Å². The van der Waals surface area contributed by atoms with Gasteiger partial charge in [0, 0.05) is 28.7 Å². The van der Waals surface area contributed by atoms with Gasteiger partial charge in [-0.15, -0.1) is 0 Å². The number of ether oxygens (including phenoxy) is 2. The molecule has 2 aromatic heterocycles. The van der Waals surface area contributed by atoms with E-state index in [0.29, 0.717) is 17.2 Å². The Morgan fingerprint density at radius 3 is 2.36 bits per heavy atom. The Balaban J connectivity index is 1.89. The lowest BCUT2D eigenvalue weighted by molar-refractivity contribution is 0.356. The summed E-state index contributed by atoms with van der Waals surface area (Å²) in [6, 6.07) is 10.4. The van der Waals surface area contributed by atoms with E-state index in [2.05, 4.69) is 14.8 Å². The SMILES string of the molecule is COc1cc2ncc3cnn(-c4ccc(NS(N)(=O)=O)cc4)c3c2cc1OC. The fourth-order valence-electron chi connectivity index (χ4n) is 3.06. The van der Waals surface area contributed by atoms with Crippen molar-refractivity contribution < 1.29 is 17.9 Å². The van der Waals surface area contributed by atoms with Crippen LogP contribution in [0.25, 0.3) is 27.5 Å². The number of hydrogen-bond donors (Lipinski definition) is 2. The molecule has 28 heavy (non-hydrogen) atoms. The normalized spacial score (nSPS) is 11.7. The van der Waals surface area contributed by atoms with Crippen LogP contribution >= 0.6 is 0 Å². The number of aromatic nitrogens is 3. The van der Waals surface area contributed by atoms with Crippen molar-refractivity contribution in [3.63, 3.8) is 0 Å². The van der Waals surface area contributed by atoms with Crippen LogP contribution in [0.4, 0.5) is 5.69 Å². The molecule has 0 aliphatic carbocycles. The maximum Gasteiger partial charge on any atom is 0.296 e. The summed E-state index contributed by atoms with van der Waals surface area (Å²) in [5.74, 6) is 1.18. The molecular weight excluding hydrogens is 382 g/mol. The molecule has 0 spiro atoms. The smallest absolute Gasteiger partial charge is 0.296 e. The second-order valence-electron chi connectivity index (χ2n) is 6.04. The highest BCUT2D eigenvalue weighted by Crippen LogP contribution is 2.35. The zero-order chi connectivity index (χ0) is 19.9. The minimum absolute atomic E-state index is 0.362. The van der Waals surface area contributed by atoms with Gasteiger partial charge in [0.2, 0.25) is 0 Å². The van der Waals surface area contributed by atoms with Gasteiger partial charge in [-0.25, -0.2) is 9.82 Å². The third-order valence-corrected chi connectivity index (χ3v) is 4.79. The van der Waals surface area contributed by atoms with Crippen LogP contribution in [0.2, 0.25) is 0 Å². The maximum absolute atomic E-state index is 11.2. The van der Waals surface area contributed by atoms with Crippen LogP contribution in [0, 0.1) is 0 Å². The van der Waals surface area contributed by atoms with E-state index in [9.17, 15) is 8.42 Å². The summed E-state index contributed by atoms with van der Waals surface area (Å²) >= 11 is 0. The van der Waals surface area contributed by atoms with E-state index < -0.39 is 10.2 Å². The average Bonchev–Trinajstić information content (AvgIpc) is 3.10. The first-order valence-corrected chi connectivity index (χ1v) is 9.73. The van der Waals surface area contributed by atoms with Crippen LogP contribution in [0.15, 0.2) is 48.8 Å². The number of fused-ring (bicyclic) bond motifs is 3. The van der Waals surface area contributed by atoms with E-state index in [1.165, 1.54) is 0 Å². The number of nitrogens with zero attached hydrogens (tertiary/aromatic N) is 3. The molecule has 3 N–H and O–H groups in total. The number of methoxy groups -OCH3 is 2. The molecule has 0 saturated heterocycles. The third-order valence-electron chi connectivity index (χ3n) is 4.27. The number of rotatable bonds is 5. The van der Waals surface area contributed by atoms with Gasteiger partial charge in [0.25, 0.3) is 10.2 Å². The second-order valence-corrected chi connectivity index (χ2v) is 7.33. The second kappa shape index (κ2) is 6.66. The van der Waals surface area contributed by atoms with Crippen molar-refractivity contribution in [3.8, 4) is 17.2 Å². The molecule has 0 saturated carbocycles. The molecule has 0 bridgehead atoms. The Morgan fingerprint density at radius 1 is 1.04 bits per heavy atom. The lowest BCUT2D eigenvalue weighted by atomic mass is 10.1. The average molecular weight is 399 g/mol. The monoisotopic (exact) mass is 399 g/mol. The Kier molecular flexibility index (Phi) is 4.28. The van der Waals surface area contributed by atoms with Crippen LogP contribution in [0.3, 0.4) is 0 Å². The molecule has 0 aliphatic rings. The Labute approximate surface area is 160 Å². The van der Waals surface area contributed by atoms with Crippen molar-refractivity contribution in [3.05, 3.63) is 48.8 Å². The summed E-state index contributed by atoms with van der Waals surface area (Å²) in [5, 5.41) is 11.2. The minimum Gasteiger partial charge on any atom is -0.493 e. The fraction of sp³-hybridized carbons (Fsp3) is 0.111. The predicted molar refractivity (Wildman–Crippen MR) is 106 cm³/mol. The molecular formula is C18H17N5O4S. The number of anilines is 1. The summed E-state index contributed by atoms with van der Waals surface area (Å²) < 4.78 is 37.1. The predicted octanol–water partition coefficient (Wildman–Crippen LogP) is 2.21. The van der Waals surface area contributed by atoms with Crippen molar-refractivity contribution in [2.45, 2.75) is 0 Å². The van der Waals surface area contributed by atoms with E-state index in [1.54, 1.807) is 55.6 Å². The molecule has 10 heteroatoms. The Hall–Kier alpha value is -3.37. The molecule has 9 nitrogen and oxygen atoms in total. The summed E-state index contributed by atoms with van der Waals surface area (Å²) in [7, 11) is -0.680. The lowest BCUT2D eigenvalue weighted by Gasteiger charge is -2.11. The summed E-state index contributed by atoms with van der Waals surface area (Å²) in [6.07, 6.45) is 3.46. The van der Waals surface area contributed by atoms with Crippen molar-refractivity contribution >= 4 is 37.7 Å². The zero-order valence-electron chi connectivity index (χ0n) is 15.1.